The third-order valence-electron chi connectivity index (χ3n) is 1.60. The van der Waals surface area contributed by atoms with Crippen molar-refractivity contribution in [2.24, 2.45) is 0 Å². The maximum Gasteiger partial charge on any atom is 0.435 e. The highest BCUT2D eigenvalue weighted by molar-refractivity contribution is 7.15. The highest BCUT2D eigenvalue weighted by Gasteiger charge is 2.40. The van der Waals surface area contributed by atoms with Crippen LogP contribution in [0.5, 0.6) is 5.19 Å². The molecule has 0 aliphatic rings. The number of hydrogen-bond acceptors (Lipinski definition) is 5. The van der Waals surface area contributed by atoms with E-state index in [1.165, 1.54) is 6.92 Å². The van der Waals surface area contributed by atoms with Gasteiger partial charge in [0.1, 0.15) is 4.88 Å². The average Bonchev–Trinajstić information content (AvgIpc) is 2.62. The van der Waals surface area contributed by atoms with Gasteiger partial charge in [-0.3, -0.25) is 0 Å². The first-order chi connectivity index (χ1) is 7.90. The smallest absolute Gasteiger partial charge is 0.435 e. The molecule has 4 nitrogen and oxygen atoms in total. The molecular formula is C9H10F3NO3S. The molecule has 0 saturated heterocycles. The zero-order valence-electron chi connectivity index (χ0n) is 9.13. The van der Waals surface area contributed by atoms with Crippen molar-refractivity contribution in [3.63, 3.8) is 0 Å². The molecule has 0 amide bonds. The molecule has 0 fully saturated rings. The van der Waals surface area contributed by atoms with Gasteiger partial charge in [0.15, 0.2) is 5.69 Å². The van der Waals surface area contributed by atoms with Gasteiger partial charge in [-0.25, -0.2) is 4.79 Å². The Labute approximate surface area is 99.4 Å². The third kappa shape index (κ3) is 3.32. The maximum atomic E-state index is 12.6. The molecule has 1 aromatic heterocycles. The van der Waals surface area contributed by atoms with Gasteiger partial charge in [-0.15, -0.1) is 0 Å². The number of ether oxygens (including phenoxy) is 2. The third-order valence-corrected chi connectivity index (χ3v) is 2.55. The molecule has 0 N–H and O–H groups in total. The largest absolute Gasteiger partial charge is 0.470 e. The highest BCUT2D eigenvalue weighted by Crippen LogP contribution is 2.37. The van der Waals surface area contributed by atoms with E-state index in [0.717, 1.165) is 0 Å². The van der Waals surface area contributed by atoms with Gasteiger partial charge in [0.25, 0.3) is 5.19 Å². The number of carbonyl (C=O) groups excluding carboxylic acids is 1. The Morgan fingerprint density at radius 1 is 1.35 bits per heavy atom. The normalized spacial score (nSPS) is 11.4. The lowest BCUT2D eigenvalue weighted by Crippen LogP contribution is -2.13. The van der Waals surface area contributed by atoms with E-state index < -0.39 is 22.7 Å². The highest BCUT2D eigenvalue weighted by atomic mass is 32.1. The number of rotatable bonds is 4. The summed E-state index contributed by atoms with van der Waals surface area (Å²) < 4.78 is 47.1. The fourth-order valence-electron chi connectivity index (χ4n) is 1.01. The van der Waals surface area contributed by atoms with Crippen LogP contribution < -0.4 is 4.74 Å². The molecule has 0 aliphatic carbocycles. The molecule has 17 heavy (non-hydrogen) atoms. The molecule has 0 unspecified atom stereocenters. The number of halogens is 3. The van der Waals surface area contributed by atoms with Gasteiger partial charge in [-0.05, 0) is 13.8 Å². The van der Waals surface area contributed by atoms with Crippen molar-refractivity contribution in [2.75, 3.05) is 13.2 Å². The molecule has 1 rings (SSSR count). The SMILES string of the molecule is CCOC(=O)c1sc(OCC)nc1C(F)(F)F. The summed E-state index contributed by atoms with van der Waals surface area (Å²) in [7, 11) is 0. The second-order valence-electron chi connectivity index (χ2n) is 2.81. The Morgan fingerprint density at radius 2 is 2.00 bits per heavy atom. The van der Waals surface area contributed by atoms with Gasteiger partial charge >= 0.3 is 12.1 Å². The van der Waals surface area contributed by atoms with Crippen LogP contribution in [-0.2, 0) is 10.9 Å². The second kappa shape index (κ2) is 5.35. The topological polar surface area (TPSA) is 48.4 Å². The van der Waals surface area contributed by atoms with E-state index in [4.69, 9.17) is 4.74 Å². The predicted octanol–water partition coefficient (Wildman–Crippen LogP) is 2.74. The fourth-order valence-corrected chi connectivity index (χ4v) is 1.90. The molecule has 0 atom stereocenters. The summed E-state index contributed by atoms with van der Waals surface area (Å²) in [5.41, 5.74) is -1.26. The second-order valence-corrected chi connectivity index (χ2v) is 3.77. The molecule has 8 heteroatoms. The van der Waals surface area contributed by atoms with Crippen LogP contribution in [0.2, 0.25) is 0 Å². The first-order valence-electron chi connectivity index (χ1n) is 4.78. The van der Waals surface area contributed by atoms with Crippen LogP contribution in [0, 0.1) is 0 Å². The number of nitrogens with zero attached hydrogens (tertiary/aromatic N) is 1. The van der Waals surface area contributed by atoms with E-state index >= 15 is 0 Å². The number of alkyl halides is 3. The van der Waals surface area contributed by atoms with Gasteiger partial charge in [-0.1, -0.05) is 11.3 Å². The Hall–Kier alpha value is -1.31. The Morgan fingerprint density at radius 3 is 2.47 bits per heavy atom. The molecule has 0 radical (unpaired) electrons. The number of thiazole rings is 1. The van der Waals surface area contributed by atoms with E-state index in [9.17, 15) is 18.0 Å². The number of aromatic nitrogens is 1. The van der Waals surface area contributed by atoms with Crippen molar-refractivity contribution in [1.29, 1.82) is 0 Å². The summed E-state index contributed by atoms with van der Waals surface area (Å²) >= 11 is 0.531. The van der Waals surface area contributed by atoms with E-state index in [1.54, 1.807) is 6.92 Å². The average molecular weight is 269 g/mol. The maximum absolute atomic E-state index is 12.6. The van der Waals surface area contributed by atoms with Gasteiger partial charge in [0, 0.05) is 0 Å². The van der Waals surface area contributed by atoms with Crippen LogP contribution in [0.4, 0.5) is 13.2 Å². The Balaban J connectivity index is 3.12. The van der Waals surface area contributed by atoms with Crippen molar-refractivity contribution in [3.8, 4) is 5.19 Å². The molecule has 0 aliphatic heterocycles. The summed E-state index contributed by atoms with van der Waals surface area (Å²) in [6, 6.07) is 0. The van der Waals surface area contributed by atoms with Gasteiger partial charge in [-0.2, -0.15) is 18.2 Å². The molecule has 0 bridgehead atoms. The fraction of sp³-hybridized carbons (Fsp3) is 0.556. The van der Waals surface area contributed by atoms with Crippen molar-refractivity contribution in [2.45, 2.75) is 20.0 Å². The first kappa shape index (κ1) is 13.8. The number of carbonyl (C=O) groups is 1. The Kier molecular flexibility index (Phi) is 4.33. The van der Waals surface area contributed by atoms with Gasteiger partial charge in [0.2, 0.25) is 0 Å². The number of esters is 1. The van der Waals surface area contributed by atoms with E-state index in [2.05, 4.69) is 9.72 Å². The number of hydrogen-bond donors (Lipinski definition) is 0. The zero-order valence-corrected chi connectivity index (χ0v) is 9.94. The van der Waals surface area contributed by atoms with Crippen molar-refractivity contribution in [3.05, 3.63) is 10.6 Å². The lowest BCUT2D eigenvalue weighted by molar-refractivity contribution is -0.141. The standard InChI is InChI=1S/C9H10F3NO3S/c1-3-15-7(14)5-6(9(10,11)12)13-8(17-5)16-4-2/h3-4H2,1-2H3. The van der Waals surface area contributed by atoms with Crippen LogP contribution in [0.3, 0.4) is 0 Å². The van der Waals surface area contributed by atoms with Crippen LogP contribution >= 0.6 is 11.3 Å². The summed E-state index contributed by atoms with van der Waals surface area (Å²) in [6.07, 6.45) is -4.70. The Bertz CT molecular complexity index is 403. The quantitative estimate of drug-likeness (QED) is 0.788. The van der Waals surface area contributed by atoms with E-state index in [-0.39, 0.29) is 18.4 Å². The lowest BCUT2D eigenvalue weighted by Gasteiger charge is -2.04. The van der Waals surface area contributed by atoms with Crippen molar-refractivity contribution < 1.29 is 27.4 Å². The van der Waals surface area contributed by atoms with Crippen LogP contribution in [-0.4, -0.2) is 24.2 Å². The first-order valence-corrected chi connectivity index (χ1v) is 5.59. The minimum absolute atomic E-state index is 0.00199. The molecule has 96 valence electrons. The van der Waals surface area contributed by atoms with Crippen LogP contribution in [0.1, 0.15) is 29.2 Å². The van der Waals surface area contributed by atoms with Gasteiger partial charge < -0.3 is 9.47 Å². The van der Waals surface area contributed by atoms with Gasteiger partial charge in [0.05, 0.1) is 13.2 Å². The molecule has 0 saturated carbocycles. The van der Waals surface area contributed by atoms with Crippen molar-refractivity contribution in [1.82, 2.24) is 4.98 Å². The molecule has 1 heterocycles. The summed E-state index contributed by atoms with van der Waals surface area (Å²) in [5, 5.41) is -0.192. The monoisotopic (exact) mass is 269 g/mol. The molecular weight excluding hydrogens is 259 g/mol. The van der Waals surface area contributed by atoms with E-state index in [0.29, 0.717) is 11.3 Å². The molecule has 0 spiro atoms. The molecule has 1 aromatic rings. The summed E-state index contributed by atoms with van der Waals surface area (Å²) in [4.78, 5) is 14.0. The van der Waals surface area contributed by atoms with Crippen LogP contribution in [0.25, 0.3) is 0 Å². The zero-order chi connectivity index (χ0) is 13.1. The minimum Gasteiger partial charge on any atom is -0.470 e. The summed E-state index contributed by atoms with van der Waals surface area (Å²) in [6.45, 7) is 3.29. The predicted molar refractivity (Wildman–Crippen MR) is 54.2 cm³/mol. The van der Waals surface area contributed by atoms with Crippen molar-refractivity contribution >= 4 is 17.3 Å². The summed E-state index contributed by atoms with van der Waals surface area (Å²) in [5.74, 6) is -1.04. The van der Waals surface area contributed by atoms with Crippen LogP contribution in [0.15, 0.2) is 0 Å². The van der Waals surface area contributed by atoms with E-state index in [1.807, 2.05) is 0 Å². The minimum atomic E-state index is -4.70. The molecule has 0 aromatic carbocycles. The lowest BCUT2D eigenvalue weighted by atomic mass is 10.3.